The summed E-state index contributed by atoms with van der Waals surface area (Å²) in [6.07, 6.45) is 0. The van der Waals surface area contributed by atoms with E-state index < -0.39 is 0 Å². The third-order valence-corrected chi connectivity index (χ3v) is 2.27. The molecule has 0 saturated carbocycles. The Kier molecular flexibility index (Phi) is 4.34. The fraction of sp³-hybridized carbons (Fsp3) is 0.333. The molecule has 0 aromatic heterocycles. The van der Waals surface area contributed by atoms with Crippen molar-refractivity contribution in [1.82, 2.24) is 4.90 Å². The van der Waals surface area contributed by atoms with Crippen molar-refractivity contribution in [3.8, 4) is 11.8 Å². The van der Waals surface area contributed by atoms with E-state index in [4.69, 9.17) is 10.00 Å². The van der Waals surface area contributed by atoms with Gasteiger partial charge in [-0.25, -0.2) is 0 Å². The Morgan fingerprint density at radius 3 is 2.75 bits per heavy atom. The Hall–Kier alpha value is -2.02. The lowest BCUT2D eigenvalue weighted by atomic mass is 10.1. The van der Waals surface area contributed by atoms with Crippen LogP contribution < -0.4 is 4.74 Å². The Morgan fingerprint density at radius 2 is 2.19 bits per heavy atom. The molecule has 0 fully saturated rings. The minimum absolute atomic E-state index is 0.0907. The fourth-order valence-electron chi connectivity index (χ4n) is 1.40. The van der Waals surface area contributed by atoms with Crippen molar-refractivity contribution in [2.45, 2.75) is 6.92 Å². The second-order valence-electron chi connectivity index (χ2n) is 3.18. The molecule has 0 radical (unpaired) electrons. The smallest absolute Gasteiger partial charge is 0.258 e. The first-order valence-electron chi connectivity index (χ1n) is 5.03. The van der Waals surface area contributed by atoms with Crippen LogP contribution in [0.25, 0.3) is 0 Å². The van der Waals surface area contributed by atoms with Crippen molar-refractivity contribution in [1.29, 1.82) is 5.26 Å². The van der Waals surface area contributed by atoms with Gasteiger partial charge in [-0.2, -0.15) is 5.26 Å². The highest BCUT2D eigenvalue weighted by Crippen LogP contribution is 2.18. The van der Waals surface area contributed by atoms with E-state index in [1.54, 1.807) is 24.3 Å². The third-order valence-electron chi connectivity index (χ3n) is 2.27. The average Bonchev–Trinajstić information content (AvgIpc) is 2.35. The number of methoxy groups -OCH3 is 1. The summed E-state index contributed by atoms with van der Waals surface area (Å²) >= 11 is 0. The summed E-state index contributed by atoms with van der Waals surface area (Å²) in [4.78, 5) is 13.5. The van der Waals surface area contributed by atoms with Crippen molar-refractivity contribution in [2.24, 2.45) is 0 Å². The van der Waals surface area contributed by atoms with Gasteiger partial charge in [-0.3, -0.25) is 4.79 Å². The van der Waals surface area contributed by atoms with Crippen LogP contribution in [-0.2, 0) is 0 Å². The van der Waals surface area contributed by atoms with E-state index in [0.29, 0.717) is 17.9 Å². The van der Waals surface area contributed by atoms with Gasteiger partial charge in [0.25, 0.3) is 5.91 Å². The molecule has 1 aromatic carbocycles. The number of nitrogens with zero attached hydrogens (tertiary/aromatic N) is 2. The minimum Gasteiger partial charge on any atom is -0.496 e. The lowest BCUT2D eigenvalue weighted by Gasteiger charge is -2.18. The largest absolute Gasteiger partial charge is 0.496 e. The molecule has 1 amide bonds. The second kappa shape index (κ2) is 5.76. The molecule has 16 heavy (non-hydrogen) atoms. The summed E-state index contributed by atoms with van der Waals surface area (Å²) in [6, 6.07) is 8.97. The van der Waals surface area contributed by atoms with Crippen LogP contribution in [0.5, 0.6) is 5.75 Å². The first kappa shape index (κ1) is 12.1. The van der Waals surface area contributed by atoms with E-state index in [2.05, 4.69) is 0 Å². The van der Waals surface area contributed by atoms with E-state index in [1.807, 2.05) is 13.0 Å². The molecule has 0 N–H and O–H groups in total. The number of rotatable bonds is 4. The topological polar surface area (TPSA) is 53.3 Å². The predicted molar refractivity (Wildman–Crippen MR) is 60.2 cm³/mol. The Labute approximate surface area is 95.0 Å². The lowest BCUT2D eigenvalue weighted by molar-refractivity contribution is 0.0781. The normalized spacial score (nSPS) is 9.31. The molecule has 0 atom stereocenters. The number of nitriles is 1. The number of ether oxygens (including phenoxy) is 1. The number of hydrogen-bond acceptors (Lipinski definition) is 3. The van der Waals surface area contributed by atoms with Crippen LogP contribution in [0, 0.1) is 11.3 Å². The average molecular weight is 218 g/mol. The number of benzene rings is 1. The standard InChI is InChI=1S/C12H14N2O2/c1-3-14(9-8-13)12(15)10-6-4-5-7-11(10)16-2/h4-7H,3,9H2,1-2H3. The van der Waals surface area contributed by atoms with E-state index in [1.165, 1.54) is 12.0 Å². The Morgan fingerprint density at radius 1 is 1.50 bits per heavy atom. The molecule has 0 aliphatic carbocycles. The van der Waals surface area contributed by atoms with Gasteiger partial charge in [-0.15, -0.1) is 0 Å². The molecule has 0 aliphatic rings. The summed E-state index contributed by atoms with van der Waals surface area (Å²) < 4.78 is 5.11. The molecule has 1 aromatic rings. The number of para-hydroxylation sites is 1. The minimum atomic E-state index is -0.179. The zero-order chi connectivity index (χ0) is 12.0. The Balaban J connectivity index is 2.99. The fourth-order valence-corrected chi connectivity index (χ4v) is 1.40. The number of carbonyl (C=O) groups is 1. The van der Waals surface area contributed by atoms with Crippen LogP contribution in [-0.4, -0.2) is 31.0 Å². The molecule has 0 saturated heterocycles. The Bertz CT molecular complexity index is 410. The highest BCUT2D eigenvalue weighted by molar-refractivity contribution is 5.97. The number of carbonyl (C=O) groups excluding carboxylic acids is 1. The quantitative estimate of drug-likeness (QED) is 0.722. The molecular formula is C12H14N2O2. The molecule has 0 unspecified atom stereocenters. The van der Waals surface area contributed by atoms with Gasteiger partial charge in [0, 0.05) is 6.54 Å². The molecule has 0 spiro atoms. The van der Waals surface area contributed by atoms with Gasteiger partial charge in [-0.1, -0.05) is 12.1 Å². The second-order valence-corrected chi connectivity index (χ2v) is 3.18. The lowest BCUT2D eigenvalue weighted by Crippen LogP contribution is -2.31. The van der Waals surface area contributed by atoms with Crippen molar-refractivity contribution >= 4 is 5.91 Å². The zero-order valence-corrected chi connectivity index (χ0v) is 9.43. The number of hydrogen-bond donors (Lipinski definition) is 0. The van der Waals surface area contributed by atoms with Gasteiger partial charge in [0.1, 0.15) is 12.3 Å². The molecule has 0 heterocycles. The molecule has 4 nitrogen and oxygen atoms in total. The van der Waals surface area contributed by atoms with Gasteiger partial charge in [0.2, 0.25) is 0 Å². The first-order chi connectivity index (χ1) is 7.74. The van der Waals surface area contributed by atoms with Crippen LogP contribution in [0.3, 0.4) is 0 Å². The summed E-state index contributed by atoms with van der Waals surface area (Å²) in [7, 11) is 1.52. The third kappa shape index (κ3) is 2.51. The van der Waals surface area contributed by atoms with Gasteiger partial charge in [0.15, 0.2) is 0 Å². The first-order valence-corrected chi connectivity index (χ1v) is 5.03. The molecule has 4 heteroatoms. The maximum atomic E-state index is 12.0. The van der Waals surface area contributed by atoms with Gasteiger partial charge >= 0.3 is 0 Å². The van der Waals surface area contributed by atoms with Crippen molar-refractivity contribution in [3.05, 3.63) is 29.8 Å². The van der Waals surface area contributed by atoms with E-state index in [-0.39, 0.29) is 12.5 Å². The van der Waals surface area contributed by atoms with Gasteiger partial charge in [-0.05, 0) is 19.1 Å². The number of amides is 1. The highest BCUT2D eigenvalue weighted by atomic mass is 16.5. The van der Waals surface area contributed by atoms with E-state index in [0.717, 1.165) is 0 Å². The molecule has 84 valence electrons. The van der Waals surface area contributed by atoms with Crippen LogP contribution in [0.4, 0.5) is 0 Å². The molecular weight excluding hydrogens is 204 g/mol. The van der Waals surface area contributed by atoms with Crippen molar-refractivity contribution < 1.29 is 9.53 Å². The summed E-state index contributed by atoms with van der Waals surface area (Å²) in [5.41, 5.74) is 0.488. The monoisotopic (exact) mass is 218 g/mol. The van der Waals surface area contributed by atoms with Gasteiger partial charge < -0.3 is 9.64 Å². The summed E-state index contributed by atoms with van der Waals surface area (Å²) in [6.45, 7) is 2.43. The summed E-state index contributed by atoms with van der Waals surface area (Å²) in [5.74, 6) is 0.352. The SMILES string of the molecule is CCN(CC#N)C(=O)c1ccccc1OC. The van der Waals surface area contributed by atoms with Crippen LogP contribution >= 0.6 is 0 Å². The zero-order valence-electron chi connectivity index (χ0n) is 9.43. The van der Waals surface area contributed by atoms with Crippen LogP contribution in [0.2, 0.25) is 0 Å². The summed E-state index contributed by atoms with van der Waals surface area (Å²) in [5, 5.41) is 8.61. The highest BCUT2D eigenvalue weighted by Gasteiger charge is 2.17. The van der Waals surface area contributed by atoms with Crippen molar-refractivity contribution in [3.63, 3.8) is 0 Å². The van der Waals surface area contributed by atoms with Gasteiger partial charge in [0.05, 0.1) is 18.7 Å². The van der Waals surface area contributed by atoms with Crippen molar-refractivity contribution in [2.75, 3.05) is 20.2 Å². The predicted octanol–water partition coefficient (Wildman–Crippen LogP) is 1.68. The van der Waals surface area contributed by atoms with Crippen LogP contribution in [0.1, 0.15) is 17.3 Å². The molecule has 0 bridgehead atoms. The maximum Gasteiger partial charge on any atom is 0.258 e. The molecule has 0 aliphatic heterocycles. The van der Waals surface area contributed by atoms with E-state index in [9.17, 15) is 4.79 Å². The van der Waals surface area contributed by atoms with E-state index >= 15 is 0 Å². The van der Waals surface area contributed by atoms with Crippen LogP contribution in [0.15, 0.2) is 24.3 Å². The maximum absolute atomic E-state index is 12.0. The molecule has 1 rings (SSSR count).